The van der Waals surface area contributed by atoms with Crippen molar-refractivity contribution in [1.82, 2.24) is 29.7 Å². The fourth-order valence-electron chi connectivity index (χ4n) is 4.24. The highest BCUT2D eigenvalue weighted by Crippen LogP contribution is 2.17. The highest BCUT2D eigenvalue weighted by molar-refractivity contribution is 5.91. The van der Waals surface area contributed by atoms with Crippen LogP contribution in [-0.4, -0.2) is 68.4 Å². The minimum Gasteiger partial charge on any atom is -0.339 e. The molecule has 0 radical (unpaired) electrons. The van der Waals surface area contributed by atoms with E-state index in [9.17, 15) is 4.79 Å². The van der Waals surface area contributed by atoms with Crippen molar-refractivity contribution in [3.05, 3.63) is 90.1 Å². The molecule has 0 atom stereocenters. The molecule has 0 bridgehead atoms. The van der Waals surface area contributed by atoms with Crippen molar-refractivity contribution < 1.29 is 9.32 Å². The van der Waals surface area contributed by atoms with Gasteiger partial charge in [-0.05, 0) is 38.1 Å². The van der Waals surface area contributed by atoms with Crippen LogP contribution in [0.1, 0.15) is 23.4 Å². The van der Waals surface area contributed by atoms with E-state index < -0.39 is 0 Å². The van der Waals surface area contributed by atoms with Crippen LogP contribution in [-0.2, 0) is 11.2 Å². The Morgan fingerprint density at radius 1 is 1.03 bits per heavy atom. The summed E-state index contributed by atoms with van der Waals surface area (Å²) in [6.45, 7) is 6.18. The predicted octanol–water partition coefficient (Wildman–Crippen LogP) is 4.02. The molecule has 1 aliphatic rings. The molecule has 0 spiro atoms. The van der Waals surface area contributed by atoms with Gasteiger partial charge < -0.3 is 9.42 Å². The summed E-state index contributed by atoms with van der Waals surface area (Å²) in [6.07, 6.45) is 8.85. The Morgan fingerprint density at radius 3 is 2.58 bits per heavy atom. The van der Waals surface area contributed by atoms with E-state index in [1.54, 1.807) is 17.0 Å². The van der Waals surface area contributed by atoms with Crippen molar-refractivity contribution in [2.75, 3.05) is 32.7 Å². The summed E-state index contributed by atoms with van der Waals surface area (Å²) in [5.74, 6) is 1.34. The summed E-state index contributed by atoms with van der Waals surface area (Å²) in [7, 11) is 0. The lowest BCUT2D eigenvalue weighted by atomic mass is 10.1. The Hall–Kier alpha value is -4.04. The van der Waals surface area contributed by atoms with Gasteiger partial charge in [-0.1, -0.05) is 53.2 Å². The van der Waals surface area contributed by atoms with Crippen molar-refractivity contribution in [2.45, 2.75) is 19.8 Å². The van der Waals surface area contributed by atoms with Crippen molar-refractivity contribution in [3.63, 3.8) is 0 Å². The number of benzene rings is 2. The van der Waals surface area contributed by atoms with E-state index >= 15 is 0 Å². The van der Waals surface area contributed by atoms with Gasteiger partial charge in [0.05, 0.1) is 11.9 Å². The van der Waals surface area contributed by atoms with Crippen LogP contribution in [0.25, 0.3) is 23.2 Å². The van der Waals surface area contributed by atoms with E-state index in [0.29, 0.717) is 11.7 Å². The number of hydrogen-bond acceptors (Lipinski definition) is 6. The molecule has 0 N–H and O–H groups in total. The molecule has 1 amide bonds. The highest BCUT2D eigenvalue weighted by atomic mass is 16.5. The van der Waals surface area contributed by atoms with Crippen LogP contribution in [0.2, 0.25) is 0 Å². The molecule has 1 saturated heterocycles. The van der Waals surface area contributed by atoms with Gasteiger partial charge in [-0.3, -0.25) is 9.69 Å². The lowest BCUT2D eigenvalue weighted by Crippen LogP contribution is -2.48. The van der Waals surface area contributed by atoms with Gasteiger partial charge in [0.2, 0.25) is 17.6 Å². The van der Waals surface area contributed by atoms with E-state index in [1.807, 2.05) is 71.8 Å². The number of carbonyl (C=O) groups excluding carboxylic acids is 1. The Bertz CT molecular complexity index is 1300. The number of hydrogen-bond donors (Lipinski definition) is 0. The third-order valence-corrected chi connectivity index (χ3v) is 6.37. The molecule has 2 aromatic carbocycles. The summed E-state index contributed by atoms with van der Waals surface area (Å²) < 4.78 is 7.24. The van der Waals surface area contributed by atoms with Gasteiger partial charge in [0, 0.05) is 56.0 Å². The zero-order valence-electron chi connectivity index (χ0n) is 20.5. The summed E-state index contributed by atoms with van der Waals surface area (Å²) in [4.78, 5) is 21.5. The van der Waals surface area contributed by atoms with Gasteiger partial charge in [-0.25, -0.2) is 4.68 Å². The van der Waals surface area contributed by atoms with Gasteiger partial charge in [-0.15, -0.1) is 0 Å². The Morgan fingerprint density at radius 2 is 1.81 bits per heavy atom. The van der Waals surface area contributed by atoms with E-state index in [4.69, 9.17) is 4.52 Å². The van der Waals surface area contributed by atoms with Crippen LogP contribution < -0.4 is 0 Å². The molecule has 36 heavy (non-hydrogen) atoms. The molecular weight excluding hydrogens is 452 g/mol. The maximum atomic E-state index is 12.7. The first-order valence-corrected chi connectivity index (χ1v) is 12.3. The van der Waals surface area contributed by atoms with Crippen LogP contribution >= 0.6 is 0 Å². The molecule has 1 aliphatic heterocycles. The topological polar surface area (TPSA) is 80.3 Å². The normalized spacial score (nSPS) is 14.5. The van der Waals surface area contributed by atoms with E-state index in [0.717, 1.165) is 62.4 Å². The smallest absolute Gasteiger partial charge is 0.246 e. The second-order valence-corrected chi connectivity index (χ2v) is 9.04. The third kappa shape index (κ3) is 5.95. The van der Waals surface area contributed by atoms with Gasteiger partial charge in [0.15, 0.2) is 0 Å². The van der Waals surface area contributed by atoms with Gasteiger partial charge >= 0.3 is 0 Å². The molecule has 4 aromatic rings. The van der Waals surface area contributed by atoms with E-state index in [-0.39, 0.29) is 5.91 Å². The molecular formula is C28H30N6O2. The van der Waals surface area contributed by atoms with Crippen molar-refractivity contribution in [2.24, 2.45) is 0 Å². The fourth-order valence-corrected chi connectivity index (χ4v) is 4.24. The first-order chi connectivity index (χ1) is 17.6. The summed E-state index contributed by atoms with van der Waals surface area (Å²) in [6, 6.07) is 18.0. The van der Waals surface area contributed by atoms with Crippen LogP contribution in [0.15, 0.2) is 77.6 Å². The lowest BCUT2D eigenvalue weighted by Gasteiger charge is -2.34. The number of piperazine rings is 1. The Balaban J connectivity index is 1.04. The second kappa shape index (κ2) is 11.1. The number of amides is 1. The standard InChI is InChI=1S/C28H30N6O2/c1-22-9-12-24(13-10-22)28-30-26(36-31-28)8-5-15-32-16-18-33(19-17-32)27(35)14-11-23-20-29-34(21-23)25-6-3-2-4-7-25/h2-4,6-7,9-14,20-21H,5,8,15-19H2,1H3. The maximum absolute atomic E-state index is 12.7. The Labute approximate surface area is 210 Å². The Kier molecular flexibility index (Phi) is 7.33. The number of carbonyl (C=O) groups is 1. The molecule has 5 rings (SSSR count). The van der Waals surface area contributed by atoms with Crippen LogP contribution in [0.5, 0.6) is 0 Å². The molecule has 8 nitrogen and oxygen atoms in total. The molecule has 8 heteroatoms. The molecule has 0 unspecified atom stereocenters. The largest absolute Gasteiger partial charge is 0.339 e. The molecule has 184 valence electrons. The van der Waals surface area contributed by atoms with E-state index in [1.165, 1.54) is 5.56 Å². The van der Waals surface area contributed by atoms with Crippen LogP contribution in [0.4, 0.5) is 0 Å². The third-order valence-electron chi connectivity index (χ3n) is 6.37. The molecule has 0 saturated carbocycles. The predicted molar refractivity (Wildman–Crippen MR) is 138 cm³/mol. The molecule has 1 fully saturated rings. The average Bonchev–Trinajstić information content (AvgIpc) is 3.59. The zero-order valence-corrected chi connectivity index (χ0v) is 20.5. The maximum Gasteiger partial charge on any atom is 0.246 e. The zero-order chi connectivity index (χ0) is 24.7. The fraction of sp³-hybridized carbons (Fsp3) is 0.286. The number of para-hydroxylation sites is 1. The quantitative estimate of drug-likeness (QED) is 0.353. The number of aryl methyl sites for hydroxylation is 2. The summed E-state index contributed by atoms with van der Waals surface area (Å²) in [5.41, 5.74) is 4.06. The number of nitrogens with zero attached hydrogens (tertiary/aromatic N) is 6. The summed E-state index contributed by atoms with van der Waals surface area (Å²) in [5, 5.41) is 8.49. The van der Waals surface area contributed by atoms with Crippen molar-refractivity contribution in [1.29, 1.82) is 0 Å². The van der Waals surface area contributed by atoms with E-state index in [2.05, 4.69) is 27.1 Å². The lowest BCUT2D eigenvalue weighted by molar-refractivity contribution is -0.127. The minimum atomic E-state index is 0.0385. The van der Waals surface area contributed by atoms with Gasteiger partial charge in [0.1, 0.15) is 0 Å². The first-order valence-electron chi connectivity index (χ1n) is 12.3. The minimum absolute atomic E-state index is 0.0385. The van der Waals surface area contributed by atoms with Crippen molar-refractivity contribution >= 4 is 12.0 Å². The molecule has 0 aliphatic carbocycles. The summed E-state index contributed by atoms with van der Waals surface area (Å²) >= 11 is 0. The van der Waals surface area contributed by atoms with Gasteiger partial charge in [0.25, 0.3) is 0 Å². The number of aromatic nitrogens is 4. The van der Waals surface area contributed by atoms with Crippen LogP contribution in [0, 0.1) is 6.92 Å². The number of rotatable bonds is 8. The van der Waals surface area contributed by atoms with Crippen LogP contribution in [0.3, 0.4) is 0 Å². The SMILES string of the molecule is Cc1ccc(-c2noc(CCCN3CCN(C(=O)C=Cc4cnn(-c5ccccc5)c4)CC3)n2)cc1. The van der Waals surface area contributed by atoms with Gasteiger partial charge in [-0.2, -0.15) is 10.1 Å². The van der Waals surface area contributed by atoms with Crippen molar-refractivity contribution in [3.8, 4) is 17.1 Å². The average molecular weight is 483 g/mol. The monoisotopic (exact) mass is 482 g/mol. The molecule has 3 heterocycles. The second-order valence-electron chi connectivity index (χ2n) is 9.04. The highest BCUT2D eigenvalue weighted by Gasteiger charge is 2.19. The first kappa shape index (κ1) is 23.7. The molecule has 2 aromatic heterocycles.